The smallest absolute Gasteiger partial charge is 0.191 e. The van der Waals surface area contributed by atoms with Crippen LogP contribution in [0.15, 0.2) is 4.99 Å². The second-order valence-electron chi connectivity index (χ2n) is 5.83. The molecule has 2 atom stereocenters. The largest absolute Gasteiger partial charge is 0.383 e. The van der Waals surface area contributed by atoms with Gasteiger partial charge in [0.1, 0.15) is 0 Å². The highest BCUT2D eigenvalue weighted by atomic mass is 16.5. The number of aliphatic imine (C=N–C) groups is 1. The summed E-state index contributed by atoms with van der Waals surface area (Å²) < 4.78 is 5.17. The van der Waals surface area contributed by atoms with Gasteiger partial charge in [-0.05, 0) is 33.9 Å². The van der Waals surface area contributed by atoms with Gasteiger partial charge in [0.15, 0.2) is 5.96 Å². The molecule has 2 N–H and O–H groups in total. The highest BCUT2D eigenvalue weighted by Gasteiger charge is 2.20. The predicted molar refractivity (Wildman–Crippen MR) is 92.0 cm³/mol. The molecule has 0 spiro atoms. The Balaban J connectivity index is 4.75. The molecule has 0 saturated heterocycles. The van der Waals surface area contributed by atoms with Gasteiger partial charge in [0.25, 0.3) is 0 Å². The van der Waals surface area contributed by atoms with Crippen molar-refractivity contribution in [1.82, 2.24) is 15.5 Å². The van der Waals surface area contributed by atoms with E-state index in [1.807, 2.05) is 0 Å². The SMILES string of the molecule is CCNC(=NCC(C(CC)CC)N(C)C)NC(C)COC. The first-order valence-corrected chi connectivity index (χ1v) is 8.20. The topological polar surface area (TPSA) is 48.9 Å². The van der Waals surface area contributed by atoms with Gasteiger partial charge in [0.2, 0.25) is 0 Å². The van der Waals surface area contributed by atoms with Gasteiger partial charge in [0, 0.05) is 25.7 Å². The van der Waals surface area contributed by atoms with E-state index in [2.05, 4.69) is 57.3 Å². The van der Waals surface area contributed by atoms with Crippen LogP contribution in [0.4, 0.5) is 0 Å². The molecule has 0 saturated carbocycles. The molecule has 5 nitrogen and oxygen atoms in total. The molecule has 0 aliphatic carbocycles. The van der Waals surface area contributed by atoms with Crippen molar-refractivity contribution in [1.29, 1.82) is 0 Å². The molecule has 0 aromatic heterocycles. The summed E-state index contributed by atoms with van der Waals surface area (Å²) in [7, 11) is 6.01. The summed E-state index contributed by atoms with van der Waals surface area (Å²) in [5.74, 6) is 1.56. The van der Waals surface area contributed by atoms with Crippen LogP contribution in [0.3, 0.4) is 0 Å². The summed E-state index contributed by atoms with van der Waals surface area (Å²) in [5.41, 5.74) is 0. The van der Waals surface area contributed by atoms with Crippen molar-refractivity contribution in [2.75, 3.05) is 40.9 Å². The average Bonchev–Trinajstić information content (AvgIpc) is 2.43. The maximum absolute atomic E-state index is 5.17. The second-order valence-corrected chi connectivity index (χ2v) is 5.83. The molecular formula is C16H36N4O. The summed E-state index contributed by atoms with van der Waals surface area (Å²) in [6, 6.07) is 0.729. The van der Waals surface area contributed by atoms with Crippen LogP contribution in [0, 0.1) is 5.92 Å². The number of hydrogen-bond acceptors (Lipinski definition) is 3. The fraction of sp³-hybridized carbons (Fsp3) is 0.938. The predicted octanol–water partition coefficient (Wildman–Crippen LogP) is 1.94. The Kier molecular flexibility index (Phi) is 11.4. The van der Waals surface area contributed by atoms with Crippen LogP contribution in [-0.4, -0.2) is 63.8 Å². The van der Waals surface area contributed by atoms with Crippen LogP contribution in [-0.2, 0) is 4.74 Å². The molecular weight excluding hydrogens is 264 g/mol. The minimum Gasteiger partial charge on any atom is -0.383 e. The molecule has 0 aromatic carbocycles. The molecule has 2 unspecified atom stereocenters. The Morgan fingerprint density at radius 2 is 1.81 bits per heavy atom. The Morgan fingerprint density at radius 1 is 1.19 bits per heavy atom. The van der Waals surface area contributed by atoms with Crippen LogP contribution >= 0.6 is 0 Å². The number of rotatable bonds is 10. The van der Waals surface area contributed by atoms with Crippen molar-refractivity contribution in [3.8, 4) is 0 Å². The van der Waals surface area contributed by atoms with E-state index in [1.165, 1.54) is 12.8 Å². The highest BCUT2D eigenvalue weighted by Crippen LogP contribution is 2.17. The van der Waals surface area contributed by atoms with Gasteiger partial charge in [-0.2, -0.15) is 0 Å². The molecule has 0 heterocycles. The zero-order valence-corrected chi connectivity index (χ0v) is 15.1. The standard InChI is InChI=1S/C16H36N4O/c1-8-14(9-2)15(20(5)6)11-18-16(17-10-3)19-13(4)12-21-7/h13-15H,8-12H2,1-7H3,(H2,17,18,19). The molecule has 0 radical (unpaired) electrons. The number of nitrogens with one attached hydrogen (secondary N) is 2. The molecule has 0 aromatic rings. The fourth-order valence-corrected chi connectivity index (χ4v) is 2.60. The quantitative estimate of drug-likeness (QED) is 0.478. The van der Waals surface area contributed by atoms with E-state index in [-0.39, 0.29) is 6.04 Å². The van der Waals surface area contributed by atoms with Crippen LogP contribution in [0.1, 0.15) is 40.5 Å². The minimum absolute atomic E-state index is 0.249. The van der Waals surface area contributed by atoms with Gasteiger partial charge in [-0.15, -0.1) is 0 Å². The van der Waals surface area contributed by atoms with Crippen molar-refractivity contribution >= 4 is 5.96 Å². The van der Waals surface area contributed by atoms with Gasteiger partial charge in [-0.3, -0.25) is 4.99 Å². The van der Waals surface area contributed by atoms with Crippen LogP contribution in [0.5, 0.6) is 0 Å². The molecule has 21 heavy (non-hydrogen) atoms. The van der Waals surface area contributed by atoms with Gasteiger partial charge in [0.05, 0.1) is 13.2 Å². The first kappa shape index (κ1) is 20.2. The zero-order chi connectivity index (χ0) is 16.3. The number of guanidine groups is 1. The fourth-order valence-electron chi connectivity index (χ4n) is 2.60. The molecule has 0 fully saturated rings. The first-order chi connectivity index (χ1) is 9.99. The van der Waals surface area contributed by atoms with Crippen molar-refractivity contribution < 1.29 is 4.74 Å². The Hall–Kier alpha value is -0.810. The van der Waals surface area contributed by atoms with Crippen molar-refractivity contribution in [3.05, 3.63) is 0 Å². The van der Waals surface area contributed by atoms with Crippen LogP contribution in [0.25, 0.3) is 0 Å². The second kappa shape index (κ2) is 11.8. The lowest BCUT2D eigenvalue weighted by atomic mass is 9.93. The number of hydrogen-bond donors (Lipinski definition) is 2. The monoisotopic (exact) mass is 300 g/mol. The zero-order valence-electron chi connectivity index (χ0n) is 15.1. The van der Waals surface area contributed by atoms with Crippen LogP contribution in [0.2, 0.25) is 0 Å². The summed E-state index contributed by atoms with van der Waals surface area (Å²) >= 11 is 0. The van der Waals surface area contributed by atoms with Gasteiger partial charge in [-0.1, -0.05) is 26.7 Å². The summed E-state index contributed by atoms with van der Waals surface area (Å²) in [6.07, 6.45) is 2.39. The number of methoxy groups -OCH3 is 1. The number of nitrogens with zero attached hydrogens (tertiary/aromatic N) is 2. The summed E-state index contributed by atoms with van der Waals surface area (Å²) in [4.78, 5) is 7.07. The average molecular weight is 300 g/mol. The van der Waals surface area contributed by atoms with E-state index < -0.39 is 0 Å². The Labute approximate surface area is 131 Å². The Bertz CT molecular complexity index is 277. The Morgan fingerprint density at radius 3 is 2.24 bits per heavy atom. The number of ether oxygens (including phenoxy) is 1. The molecule has 0 aliphatic heterocycles. The summed E-state index contributed by atoms with van der Waals surface area (Å²) in [6.45, 7) is 11.1. The number of likely N-dealkylation sites (N-methyl/N-ethyl adjacent to an activating group) is 1. The van der Waals surface area contributed by atoms with Gasteiger partial charge < -0.3 is 20.3 Å². The maximum atomic E-state index is 5.17. The lowest BCUT2D eigenvalue weighted by molar-refractivity contribution is 0.178. The van der Waals surface area contributed by atoms with Gasteiger partial charge in [-0.25, -0.2) is 0 Å². The normalized spacial score (nSPS) is 15.4. The van der Waals surface area contributed by atoms with E-state index in [0.717, 1.165) is 19.0 Å². The third-order valence-corrected chi connectivity index (χ3v) is 3.84. The van der Waals surface area contributed by atoms with E-state index in [4.69, 9.17) is 9.73 Å². The first-order valence-electron chi connectivity index (χ1n) is 8.20. The van der Waals surface area contributed by atoms with Gasteiger partial charge >= 0.3 is 0 Å². The molecule has 0 bridgehead atoms. The molecule has 126 valence electrons. The van der Waals surface area contributed by atoms with E-state index in [9.17, 15) is 0 Å². The van der Waals surface area contributed by atoms with Crippen molar-refractivity contribution in [3.63, 3.8) is 0 Å². The third kappa shape index (κ3) is 8.27. The van der Waals surface area contributed by atoms with E-state index in [1.54, 1.807) is 7.11 Å². The van der Waals surface area contributed by atoms with Crippen molar-refractivity contribution in [2.45, 2.75) is 52.6 Å². The summed E-state index contributed by atoms with van der Waals surface area (Å²) in [5, 5.41) is 6.69. The third-order valence-electron chi connectivity index (χ3n) is 3.84. The lowest BCUT2D eigenvalue weighted by Crippen LogP contribution is -2.45. The highest BCUT2D eigenvalue weighted by molar-refractivity contribution is 5.80. The van der Waals surface area contributed by atoms with Crippen LogP contribution < -0.4 is 10.6 Å². The molecule has 0 rings (SSSR count). The minimum atomic E-state index is 0.249. The lowest BCUT2D eigenvalue weighted by Gasteiger charge is -2.30. The molecule has 0 aliphatic rings. The van der Waals surface area contributed by atoms with Crippen molar-refractivity contribution in [2.24, 2.45) is 10.9 Å². The maximum Gasteiger partial charge on any atom is 0.191 e. The van der Waals surface area contributed by atoms with E-state index in [0.29, 0.717) is 18.6 Å². The molecule has 5 heteroatoms. The van der Waals surface area contributed by atoms with E-state index >= 15 is 0 Å². The molecule has 0 amide bonds.